The first-order valence-electron chi connectivity index (χ1n) is 6.06. The first-order chi connectivity index (χ1) is 9.40. The molecule has 2 N–H and O–H groups in total. The third kappa shape index (κ3) is 9.28. The lowest BCUT2D eigenvalue weighted by molar-refractivity contribution is -0.127. The van der Waals surface area contributed by atoms with E-state index in [-0.39, 0.29) is 30.4 Å². The molecule has 0 spiro atoms. The van der Waals surface area contributed by atoms with Crippen LogP contribution in [0.4, 0.5) is 18.9 Å². The van der Waals surface area contributed by atoms with Crippen molar-refractivity contribution in [2.24, 2.45) is 0 Å². The van der Waals surface area contributed by atoms with Crippen LogP contribution in [0.1, 0.15) is 5.56 Å². The molecule has 0 saturated heterocycles. The van der Waals surface area contributed by atoms with Crippen LogP contribution in [0, 0.1) is 0 Å². The van der Waals surface area contributed by atoms with Gasteiger partial charge in [-0.05, 0) is 17.7 Å². The van der Waals surface area contributed by atoms with Crippen molar-refractivity contribution in [1.82, 2.24) is 5.32 Å². The number of hydrogen-bond donors (Lipinski definition) is 2. The molecule has 0 heterocycles. The van der Waals surface area contributed by atoms with Gasteiger partial charge in [0, 0.05) is 19.3 Å². The molecule has 0 aliphatic carbocycles. The van der Waals surface area contributed by atoms with Gasteiger partial charge in [-0.1, -0.05) is 12.1 Å². The van der Waals surface area contributed by atoms with E-state index >= 15 is 0 Å². The minimum absolute atomic E-state index is 0. The number of halogens is 4. The first kappa shape index (κ1) is 19.7. The topological polar surface area (TPSA) is 50.4 Å². The molecular formula is C13H18ClF3N2O2. The van der Waals surface area contributed by atoms with Crippen molar-refractivity contribution in [3.8, 4) is 0 Å². The second-order valence-corrected chi connectivity index (χ2v) is 4.21. The van der Waals surface area contributed by atoms with Crippen LogP contribution < -0.4 is 10.6 Å². The molecule has 21 heavy (non-hydrogen) atoms. The van der Waals surface area contributed by atoms with Gasteiger partial charge in [0.25, 0.3) is 0 Å². The highest BCUT2D eigenvalue weighted by Crippen LogP contribution is 2.22. The molecule has 0 atom stereocenters. The van der Waals surface area contributed by atoms with E-state index in [2.05, 4.69) is 10.6 Å². The molecule has 4 nitrogen and oxygen atoms in total. The van der Waals surface area contributed by atoms with Crippen LogP contribution in [-0.2, 0) is 16.0 Å². The molecule has 8 heteroatoms. The number of hydrogen-bond acceptors (Lipinski definition) is 3. The molecule has 0 bridgehead atoms. The molecule has 120 valence electrons. The zero-order chi connectivity index (χ0) is 15.0. The number of methoxy groups -OCH3 is 1. The summed E-state index contributed by atoms with van der Waals surface area (Å²) in [5, 5.41) is 5.38. The largest absolute Gasteiger partial charge is 0.393 e. The van der Waals surface area contributed by atoms with E-state index in [4.69, 9.17) is 4.74 Å². The van der Waals surface area contributed by atoms with Gasteiger partial charge in [-0.2, -0.15) is 13.2 Å². The molecule has 0 aliphatic rings. The highest BCUT2D eigenvalue weighted by molar-refractivity contribution is 5.92. The Hall–Kier alpha value is -1.31. The minimum Gasteiger partial charge on any atom is -0.383 e. The summed E-state index contributed by atoms with van der Waals surface area (Å²) in [5.74, 6) is -0.315. The van der Waals surface area contributed by atoms with Crippen molar-refractivity contribution in [3.05, 3.63) is 29.8 Å². The number of nitrogens with one attached hydrogen (secondary N) is 2. The molecule has 1 aromatic carbocycles. The zero-order valence-corrected chi connectivity index (χ0v) is 12.3. The van der Waals surface area contributed by atoms with Crippen molar-refractivity contribution in [2.75, 3.05) is 32.1 Å². The van der Waals surface area contributed by atoms with Crippen LogP contribution in [0.25, 0.3) is 0 Å². The van der Waals surface area contributed by atoms with Crippen LogP contribution in [0.3, 0.4) is 0 Å². The van der Waals surface area contributed by atoms with Gasteiger partial charge in [-0.15, -0.1) is 12.4 Å². The minimum atomic E-state index is -4.26. The molecule has 1 amide bonds. The average molecular weight is 327 g/mol. The fourth-order valence-corrected chi connectivity index (χ4v) is 1.57. The smallest absolute Gasteiger partial charge is 0.383 e. The molecule has 0 unspecified atom stereocenters. The maximum absolute atomic E-state index is 12.3. The fraction of sp³-hybridized carbons (Fsp3) is 0.462. The highest BCUT2D eigenvalue weighted by Gasteiger charge is 2.27. The van der Waals surface area contributed by atoms with Gasteiger partial charge < -0.3 is 15.4 Å². The van der Waals surface area contributed by atoms with Gasteiger partial charge in [-0.3, -0.25) is 4.79 Å². The van der Waals surface area contributed by atoms with E-state index in [9.17, 15) is 18.0 Å². The summed E-state index contributed by atoms with van der Waals surface area (Å²) in [7, 11) is 1.55. The van der Waals surface area contributed by atoms with Crippen LogP contribution in [0.5, 0.6) is 0 Å². The second-order valence-electron chi connectivity index (χ2n) is 4.21. The Labute approximate surface area is 127 Å². The van der Waals surface area contributed by atoms with Crippen LogP contribution in [0.2, 0.25) is 0 Å². The zero-order valence-electron chi connectivity index (χ0n) is 11.5. The van der Waals surface area contributed by atoms with Crippen molar-refractivity contribution < 1.29 is 22.7 Å². The summed E-state index contributed by atoms with van der Waals surface area (Å²) in [5.41, 5.74) is 0.466. The maximum atomic E-state index is 12.3. The number of benzene rings is 1. The lowest BCUT2D eigenvalue weighted by Crippen LogP contribution is -2.30. The van der Waals surface area contributed by atoms with Gasteiger partial charge in [0.1, 0.15) is 0 Å². The molecule has 1 aromatic rings. The lowest BCUT2D eigenvalue weighted by Gasteiger charge is -2.10. The third-order valence-corrected chi connectivity index (χ3v) is 2.38. The lowest BCUT2D eigenvalue weighted by atomic mass is 10.1. The molecule has 0 radical (unpaired) electrons. The Bertz CT molecular complexity index is 442. The summed E-state index contributed by atoms with van der Waals surface area (Å²) in [6, 6.07) is 5.72. The highest BCUT2D eigenvalue weighted by atomic mass is 35.5. The number of anilines is 1. The van der Waals surface area contributed by atoms with Crippen molar-refractivity contribution in [3.63, 3.8) is 0 Å². The van der Waals surface area contributed by atoms with Gasteiger partial charge in [0.05, 0.1) is 19.6 Å². The number of amides is 1. The third-order valence-electron chi connectivity index (χ3n) is 2.38. The number of ether oxygens (including phenoxy) is 1. The Morgan fingerprint density at radius 2 is 2.05 bits per heavy atom. The predicted octanol–water partition coefficient (Wildman–Crippen LogP) is 2.39. The summed E-state index contributed by atoms with van der Waals surface area (Å²) in [6.45, 7) is 1.08. The number of carbonyl (C=O) groups is 1. The van der Waals surface area contributed by atoms with E-state index in [1.807, 2.05) is 0 Å². The van der Waals surface area contributed by atoms with E-state index in [0.29, 0.717) is 18.8 Å². The van der Waals surface area contributed by atoms with Gasteiger partial charge in [-0.25, -0.2) is 0 Å². The summed E-state index contributed by atoms with van der Waals surface area (Å²) in [6.07, 6.45) is -5.27. The van der Waals surface area contributed by atoms with E-state index in [0.717, 1.165) is 0 Å². The normalized spacial score (nSPS) is 10.9. The number of alkyl halides is 3. The summed E-state index contributed by atoms with van der Waals surface area (Å²) < 4.78 is 41.6. The van der Waals surface area contributed by atoms with Gasteiger partial charge in [0.2, 0.25) is 5.91 Å². The van der Waals surface area contributed by atoms with E-state index in [1.54, 1.807) is 13.2 Å². The van der Waals surface area contributed by atoms with Crippen LogP contribution in [0.15, 0.2) is 24.3 Å². The van der Waals surface area contributed by atoms with Gasteiger partial charge in [0.15, 0.2) is 0 Å². The molecule has 1 rings (SSSR count). The second kappa shape index (κ2) is 9.59. The number of carbonyl (C=O) groups excluding carboxylic acids is 1. The van der Waals surface area contributed by atoms with E-state index < -0.39 is 12.6 Å². The molecular weight excluding hydrogens is 309 g/mol. The maximum Gasteiger partial charge on any atom is 0.393 e. The molecule has 0 fully saturated rings. The molecule has 0 saturated carbocycles. The standard InChI is InChI=1S/C13H17F3N2O2.ClH/c1-20-6-5-17-9-12(19)18-11-4-2-3-10(7-11)8-13(14,15)16;/h2-4,7,17H,5-6,8-9H2,1H3,(H,18,19);1H. The Morgan fingerprint density at radius 3 is 2.67 bits per heavy atom. The molecule has 0 aliphatic heterocycles. The number of rotatable bonds is 7. The average Bonchev–Trinajstić information content (AvgIpc) is 2.33. The van der Waals surface area contributed by atoms with Crippen LogP contribution in [-0.4, -0.2) is 38.9 Å². The van der Waals surface area contributed by atoms with E-state index in [1.165, 1.54) is 18.2 Å². The monoisotopic (exact) mass is 326 g/mol. The quantitative estimate of drug-likeness (QED) is 0.756. The first-order valence-corrected chi connectivity index (χ1v) is 6.06. The van der Waals surface area contributed by atoms with Crippen molar-refractivity contribution in [2.45, 2.75) is 12.6 Å². The summed E-state index contributed by atoms with van der Waals surface area (Å²) in [4.78, 5) is 11.5. The Balaban J connectivity index is 0.00000400. The van der Waals surface area contributed by atoms with Crippen molar-refractivity contribution in [1.29, 1.82) is 0 Å². The summed E-state index contributed by atoms with van der Waals surface area (Å²) >= 11 is 0. The van der Waals surface area contributed by atoms with Gasteiger partial charge >= 0.3 is 6.18 Å². The fourth-order valence-electron chi connectivity index (χ4n) is 1.57. The van der Waals surface area contributed by atoms with Crippen molar-refractivity contribution >= 4 is 24.0 Å². The SMILES string of the molecule is COCCNCC(=O)Nc1cccc(CC(F)(F)F)c1.Cl. The Morgan fingerprint density at radius 1 is 1.33 bits per heavy atom. The Kier molecular flexibility index (Phi) is 9.00. The van der Waals surface area contributed by atoms with Crippen LogP contribution >= 0.6 is 12.4 Å². The predicted molar refractivity (Wildman–Crippen MR) is 76.8 cm³/mol. The molecule has 0 aromatic heterocycles.